The average molecular weight is 378 g/mol. The minimum Gasteiger partial charge on any atom is -0.492 e. The second-order valence-electron chi connectivity index (χ2n) is 6.80. The Hall–Kier alpha value is -3.28. The molecule has 0 aliphatic carbocycles. The number of carbonyl (C=O) groups is 1. The second-order valence-corrected chi connectivity index (χ2v) is 6.80. The number of carbonyl (C=O) groups excluding carboxylic acids is 1. The van der Waals surface area contributed by atoms with E-state index < -0.39 is 0 Å². The summed E-state index contributed by atoms with van der Waals surface area (Å²) in [7, 11) is 0. The van der Waals surface area contributed by atoms with Gasteiger partial charge in [-0.15, -0.1) is 0 Å². The van der Waals surface area contributed by atoms with Crippen LogP contribution in [0, 0.1) is 6.92 Å². The molecule has 1 N–H and O–H groups in total. The van der Waals surface area contributed by atoms with Crippen LogP contribution >= 0.6 is 0 Å². The summed E-state index contributed by atoms with van der Waals surface area (Å²) in [6.45, 7) is 6.16. The molecule has 28 heavy (non-hydrogen) atoms. The smallest absolute Gasteiger partial charge is 0.261 e. The lowest BCUT2D eigenvalue weighted by atomic mass is 10.1. The number of aromatic nitrogens is 1. The zero-order valence-corrected chi connectivity index (χ0v) is 16.1. The van der Waals surface area contributed by atoms with Crippen LogP contribution in [0.2, 0.25) is 0 Å². The number of nitrogens with zero attached hydrogens (tertiary/aromatic N) is 1. The van der Waals surface area contributed by atoms with Gasteiger partial charge in [-0.1, -0.05) is 35.5 Å². The molecule has 0 saturated heterocycles. The monoisotopic (exact) mass is 378 g/mol. The Morgan fingerprint density at radius 2 is 2.07 bits per heavy atom. The van der Waals surface area contributed by atoms with Crippen molar-refractivity contribution < 1.29 is 18.8 Å². The summed E-state index contributed by atoms with van der Waals surface area (Å²) >= 11 is 0. The van der Waals surface area contributed by atoms with Crippen molar-refractivity contribution in [3.8, 4) is 22.8 Å². The lowest BCUT2D eigenvalue weighted by Crippen LogP contribution is -2.14. The van der Waals surface area contributed by atoms with Crippen molar-refractivity contribution in [3.05, 3.63) is 59.4 Å². The van der Waals surface area contributed by atoms with Crippen LogP contribution in [-0.2, 0) is 6.42 Å². The van der Waals surface area contributed by atoms with Crippen LogP contribution in [0.15, 0.2) is 47.0 Å². The summed E-state index contributed by atoms with van der Waals surface area (Å²) in [4.78, 5) is 13.1. The molecule has 144 valence electrons. The van der Waals surface area contributed by atoms with Crippen molar-refractivity contribution in [1.29, 1.82) is 0 Å². The molecule has 6 heteroatoms. The number of hydrogen-bond acceptors (Lipinski definition) is 5. The Morgan fingerprint density at radius 3 is 2.82 bits per heavy atom. The van der Waals surface area contributed by atoms with Crippen LogP contribution in [0.25, 0.3) is 11.3 Å². The zero-order chi connectivity index (χ0) is 19.7. The number of ether oxygens (including phenoxy) is 2. The molecule has 0 saturated carbocycles. The van der Waals surface area contributed by atoms with Crippen molar-refractivity contribution in [3.63, 3.8) is 0 Å². The zero-order valence-electron chi connectivity index (χ0n) is 16.1. The normalized spacial score (nSPS) is 15.0. The number of fused-ring (bicyclic) bond motifs is 1. The van der Waals surface area contributed by atoms with Gasteiger partial charge in [0, 0.05) is 23.6 Å². The second kappa shape index (κ2) is 7.38. The highest BCUT2D eigenvalue weighted by Crippen LogP contribution is 2.38. The predicted octanol–water partition coefficient (Wildman–Crippen LogP) is 4.62. The van der Waals surface area contributed by atoms with E-state index in [4.69, 9.17) is 14.0 Å². The molecule has 1 atom stereocenters. The van der Waals surface area contributed by atoms with Crippen LogP contribution in [0.5, 0.6) is 11.5 Å². The molecule has 0 fully saturated rings. The first-order valence-electron chi connectivity index (χ1n) is 9.36. The fourth-order valence-corrected chi connectivity index (χ4v) is 3.43. The van der Waals surface area contributed by atoms with Gasteiger partial charge >= 0.3 is 0 Å². The number of amides is 1. The van der Waals surface area contributed by atoms with Gasteiger partial charge in [-0.25, -0.2) is 0 Å². The minimum atomic E-state index is -0.301. The van der Waals surface area contributed by atoms with Crippen molar-refractivity contribution >= 4 is 11.6 Å². The van der Waals surface area contributed by atoms with E-state index in [1.54, 1.807) is 6.92 Å². The number of anilines is 1. The summed E-state index contributed by atoms with van der Waals surface area (Å²) in [5.74, 6) is 1.56. The molecule has 1 aliphatic heterocycles. The van der Waals surface area contributed by atoms with Gasteiger partial charge in [0.2, 0.25) is 0 Å². The molecule has 1 unspecified atom stereocenters. The number of rotatable bonds is 5. The third kappa shape index (κ3) is 3.33. The Bertz CT molecular complexity index is 1010. The highest BCUT2D eigenvalue weighted by Gasteiger charge is 2.25. The van der Waals surface area contributed by atoms with E-state index in [0.29, 0.717) is 35.1 Å². The SMILES string of the molecule is CCOc1cc2c(cc1NC(=O)c1c(-c3ccccc3)noc1C)OC(C)C2. The van der Waals surface area contributed by atoms with E-state index in [9.17, 15) is 4.79 Å². The molecule has 2 aromatic carbocycles. The van der Waals surface area contributed by atoms with Crippen LogP contribution in [-0.4, -0.2) is 23.8 Å². The molecule has 0 radical (unpaired) electrons. The third-order valence-corrected chi connectivity index (χ3v) is 4.68. The third-order valence-electron chi connectivity index (χ3n) is 4.68. The van der Waals surface area contributed by atoms with Gasteiger partial charge in [0.05, 0.1) is 12.3 Å². The molecule has 1 aliphatic rings. The first kappa shape index (κ1) is 18.1. The van der Waals surface area contributed by atoms with Gasteiger partial charge in [0.15, 0.2) is 0 Å². The number of nitrogens with one attached hydrogen (secondary N) is 1. The Balaban J connectivity index is 1.68. The van der Waals surface area contributed by atoms with Gasteiger partial charge in [0.25, 0.3) is 5.91 Å². The van der Waals surface area contributed by atoms with Gasteiger partial charge in [-0.05, 0) is 26.8 Å². The maximum Gasteiger partial charge on any atom is 0.261 e. The van der Waals surface area contributed by atoms with Crippen LogP contribution in [0.1, 0.15) is 35.5 Å². The topological polar surface area (TPSA) is 73.6 Å². The lowest BCUT2D eigenvalue weighted by Gasteiger charge is -2.13. The standard InChI is InChI=1S/C22H22N2O4/c1-4-26-19-11-16-10-13(2)27-18(16)12-17(19)23-22(25)20-14(3)28-24-21(20)15-8-6-5-7-9-15/h5-9,11-13H,4,10H2,1-3H3,(H,23,25). The Kier molecular flexibility index (Phi) is 4.77. The highest BCUT2D eigenvalue weighted by molar-refractivity contribution is 6.09. The number of aryl methyl sites for hydroxylation is 1. The Morgan fingerprint density at radius 1 is 1.29 bits per heavy atom. The summed E-state index contributed by atoms with van der Waals surface area (Å²) in [5, 5.41) is 7.03. The molecular weight excluding hydrogens is 356 g/mol. The van der Waals surface area contributed by atoms with E-state index in [1.165, 1.54) is 0 Å². The van der Waals surface area contributed by atoms with Crippen LogP contribution in [0.4, 0.5) is 5.69 Å². The highest BCUT2D eigenvalue weighted by atomic mass is 16.5. The Labute approximate surface area is 163 Å². The van der Waals surface area contributed by atoms with Crippen molar-refractivity contribution in [2.45, 2.75) is 33.3 Å². The lowest BCUT2D eigenvalue weighted by molar-refractivity contribution is 0.102. The molecule has 0 bridgehead atoms. The van der Waals surface area contributed by atoms with E-state index in [0.717, 1.165) is 23.3 Å². The number of hydrogen-bond donors (Lipinski definition) is 1. The average Bonchev–Trinajstić information content (AvgIpc) is 3.24. The van der Waals surface area contributed by atoms with Gasteiger partial charge in [0.1, 0.15) is 34.6 Å². The summed E-state index contributed by atoms with van der Waals surface area (Å²) in [5.41, 5.74) is 3.39. The first-order chi connectivity index (χ1) is 13.6. The van der Waals surface area contributed by atoms with E-state index >= 15 is 0 Å². The van der Waals surface area contributed by atoms with Gasteiger partial charge < -0.3 is 19.3 Å². The molecular formula is C22H22N2O4. The molecule has 1 amide bonds. The summed E-state index contributed by atoms with van der Waals surface area (Å²) in [6.07, 6.45) is 0.937. The largest absolute Gasteiger partial charge is 0.492 e. The summed E-state index contributed by atoms with van der Waals surface area (Å²) < 4.78 is 16.9. The quantitative estimate of drug-likeness (QED) is 0.701. The molecule has 2 heterocycles. The summed E-state index contributed by atoms with van der Waals surface area (Å²) in [6, 6.07) is 13.3. The van der Waals surface area contributed by atoms with Gasteiger partial charge in [-0.2, -0.15) is 0 Å². The van der Waals surface area contributed by atoms with Crippen molar-refractivity contribution in [2.75, 3.05) is 11.9 Å². The molecule has 4 rings (SSSR count). The maximum absolute atomic E-state index is 13.1. The minimum absolute atomic E-state index is 0.112. The first-order valence-corrected chi connectivity index (χ1v) is 9.36. The van der Waals surface area contributed by atoms with Crippen LogP contribution < -0.4 is 14.8 Å². The molecule has 0 spiro atoms. The molecule has 6 nitrogen and oxygen atoms in total. The number of benzene rings is 2. The fourth-order valence-electron chi connectivity index (χ4n) is 3.43. The van der Waals surface area contributed by atoms with Crippen molar-refractivity contribution in [1.82, 2.24) is 5.16 Å². The maximum atomic E-state index is 13.1. The van der Waals surface area contributed by atoms with E-state index in [-0.39, 0.29) is 12.0 Å². The molecule has 1 aromatic heterocycles. The molecule has 3 aromatic rings. The van der Waals surface area contributed by atoms with E-state index in [2.05, 4.69) is 10.5 Å². The van der Waals surface area contributed by atoms with Gasteiger partial charge in [-0.3, -0.25) is 4.79 Å². The van der Waals surface area contributed by atoms with E-state index in [1.807, 2.05) is 56.3 Å². The van der Waals surface area contributed by atoms with Crippen LogP contribution in [0.3, 0.4) is 0 Å². The fraction of sp³-hybridized carbons (Fsp3) is 0.273. The predicted molar refractivity (Wildman–Crippen MR) is 106 cm³/mol. The van der Waals surface area contributed by atoms with Crippen molar-refractivity contribution in [2.24, 2.45) is 0 Å².